The Morgan fingerprint density at radius 3 is 3.00 bits per heavy atom. The highest BCUT2D eigenvalue weighted by Gasteiger charge is 1.94. The van der Waals surface area contributed by atoms with Crippen molar-refractivity contribution in [3.8, 4) is 0 Å². The molecule has 13 heavy (non-hydrogen) atoms. The van der Waals surface area contributed by atoms with Crippen molar-refractivity contribution in [1.29, 1.82) is 0 Å². The molecule has 72 valence electrons. The first-order valence-electron chi connectivity index (χ1n) is 4.63. The van der Waals surface area contributed by atoms with Crippen LogP contribution in [0.3, 0.4) is 0 Å². The molecule has 1 rings (SSSR count). The van der Waals surface area contributed by atoms with Gasteiger partial charge in [0, 0.05) is 6.42 Å². The van der Waals surface area contributed by atoms with Crippen LogP contribution < -0.4 is 0 Å². The predicted molar refractivity (Wildman–Crippen MR) is 64.0 cm³/mol. The number of aryl methyl sites for hydroxylation is 1. The van der Waals surface area contributed by atoms with Crippen LogP contribution in [0, 0.1) is 0 Å². The Morgan fingerprint density at radius 2 is 2.38 bits per heavy atom. The standard InChI is InChI=1S/C11H15IO/c1-10(12)6-3-2-4-7-11-8-5-9-13-11/h5-6,8-9H,2-4,7H2,1H3/b10-6-. The molecule has 1 aromatic rings. The summed E-state index contributed by atoms with van der Waals surface area (Å²) in [6, 6.07) is 3.99. The van der Waals surface area contributed by atoms with Crippen LogP contribution in [0.2, 0.25) is 0 Å². The maximum atomic E-state index is 5.24. The molecule has 1 nitrogen and oxygen atoms in total. The van der Waals surface area contributed by atoms with Gasteiger partial charge in [-0.05, 0) is 64.5 Å². The van der Waals surface area contributed by atoms with E-state index in [1.54, 1.807) is 6.26 Å². The van der Waals surface area contributed by atoms with Crippen LogP contribution in [0.1, 0.15) is 31.9 Å². The van der Waals surface area contributed by atoms with Gasteiger partial charge in [0.05, 0.1) is 6.26 Å². The molecule has 0 aliphatic carbocycles. The van der Waals surface area contributed by atoms with Gasteiger partial charge in [0.25, 0.3) is 0 Å². The second-order valence-electron chi connectivity index (χ2n) is 3.12. The fraction of sp³-hybridized carbons (Fsp3) is 0.455. The molecule has 0 saturated heterocycles. The van der Waals surface area contributed by atoms with Gasteiger partial charge in [-0.2, -0.15) is 0 Å². The Balaban J connectivity index is 2.05. The molecule has 1 heterocycles. The van der Waals surface area contributed by atoms with Crippen molar-refractivity contribution in [2.75, 3.05) is 0 Å². The van der Waals surface area contributed by atoms with Crippen molar-refractivity contribution in [3.05, 3.63) is 33.8 Å². The van der Waals surface area contributed by atoms with E-state index >= 15 is 0 Å². The number of allylic oxidation sites excluding steroid dienone is 2. The number of rotatable bonds is 5. The van der Waals surface area contributed by atoms with Crippen LogP contribution >= 0.6 is 22.6 Å². The SMILES string of the molecule is C/C(I)=C/CCCCc1ccco1. The Morgan fingerprint density at radius 1 is 1.54 bits per heavy atom. The summed E-state index contributed by atoms with van der Waals surface area (Å²) in [6.07, 6.45) is 8.75. The van der Waals surface area contributed by atoms with Gasteiger partial charge in [-0.1, -0.05) is 6.08 Å². The lowest BCUT2D eigenvalue weighted by molar-refractivity contribution is 0.498. The van der Waals surface area contributed by atoms with E-state index in [0.29, 0.717) is 0 Å². The van der Waals surface area contributed by atoms with E-state index in [2.05, 4.69) is 35.6 Å². The molecule has 0 bridgehead atoms. The van der Waals surface area contributed by atoms with E-state index < -0.39 is 0 Å². The molecule has 0 aromatic carbocycles. The molecule has 0 radical (unpaired) electrons. The topological polar surface area (TPSA) is 13.1 Å². The summed E-state index contributed by atoms with van der Waals surface area (Å²) >= 11 is 2.35. The van der Waals surface area contributed by atoms with Gasteiger partial charge in [-0.15, -0.1) is 0 Å². The minimum Gasteiger partial charge on any atom is -0.469 e. The van der Waals surface area contributed by atoms with Crippen LogP contribution in [-0.4, -0.2) is 0 Å². The van der Waals surface area contributed by atoms with Crippen LogP contribution in [0.25, 0.3) is 0 Å². The van der Waals surface area contributed by atoms with E-state index in [4.69, 9.17) is 4.42 Å². The Hall–Kier alpha value is -0.250. The van der Waals surface area contributed by atoms with Gasteiger partial charge in [0.15, 0.2) is 0 Å². The van der Waals surface area contributed by atoms with Crippen LogP contribution in [-0.2, 0) is 6.42 Å². The highest BCUT2D eigenvalue weighted by molar-refractivity contribution is 14.1. The zero-order valence-electron chi connectivity index (χ0n) is 7.92. The third kappa shape index (κ3) is 5.13. The molecule has 2 heteroatoms. The van der Waals surface area contributed by atoms with Crippen molar-refractivity contribution in [2.24, 2.45) is 0 Å². The summed E-state index contributed by atoms with van der Waals surface area (Å²) in [5.74, 6) is 1.11. The highest BCUT2D eigenvalue weighted by atomic mass is 127. The van der Waals surface area contributed by atoms with E-state index in [1.165, 1.54) is 22.8 Å². The van der Waals surface area contributed by atoms with Crippen molar-refractivity contribution >= 4 is 22.6 Å². The molecule has 0 amide bonds. The summed E-state index contributed by atoms with van der Waals surface area (Å²) in [5.41, 5.74) is 0. The number of furan rings is 1. The number of halogens is 1. The lowest BCUT2D eigenvalue weighted by atomic mass is 10.1. The van der Waals surface area contributed by atoms with E-state index in [-0.39, 0.29) is 0 Å². The maximum absolute atomic E-state index is 5.24. The first-order chi connectivity index (χ1) is 6.29. The van der Waals surface area contributed by atoms with Gasteiger partial charge in [0.2, 0.25) is 0 Å². The lowest BCUT2D eigenvalue weighted by Crippen LogP contribution is -1.81. The van der Waals surface area contributed by atoms with Crippen molar-refractivity contribution < 1.29 is 4.42 Å². The number of hydrogen-bond acceptors (Lipinski definition) is 1. The summed E-state index contributed by atoms with van der Waals surface area (Å²) in [5, 5.41) is 0. The molecular formula is C11H15IO. The quantitative estimate of drug-likeness (QED) is 0.581. The minimum atomic E-state index is 1.07. The van der Waals surface area contributed by atoms with Crippen LogP contribution in [0.5, 0.6) is 0 Å². The largest absolute Gasteiger partial charge is 0.469 e. The Bertz CT molecular complexity index is 245. The zero-order chi connectivity index (χ0) is 9.52. The average Bonchev–Trinajstić information content (AvgIpc) is 2.55. The molecule has 1 aromatic heterocycles. The van der Waals surface area contributed by atoms with Gasteiger partial charge in [0.1, 0.15) is 5.76 Å². The summed E-state index contributed by atoms with van der Waals surface area (Å²) in [7, 11) is 0. The van der Waals surface area contributed by atoms with Crippen LogP contribution in [0.4, 0.5) is 0 Å². The molecule has 0 aliphatic heterocycles. The van der Waals surface area contributed by atoms with Crippen molar-refractivity contribution in [1.82, 2.24) is 0 Å². The molecular weight excluding hydrogens is 275 g/mol. The Labute approximate surface area is 93.4 Å². The molecule has 0 N–H and O–H groups in total. The molecule has 0 saturated carbocycles. The van der Waals surface area contributed by atoms with E-state index in [1.807, 2.05) is 12.1 Å². The smallest absolute Gasteiger partial charge is 0.103 e. The van der Waals surface area contributed by atoms with Gasteiger partial charge >= 0.3 is 0 Å². The fourth-order valence-corrected chi connectivity index (χ4v) is 1.51. The molecule has 0 unspecified atom stereocenters. The normalized spacial score (nSPS) is 12.0. The molecule has 0 fully saturated rings. The summed E-state index contributed by atoms with van der Waals surface area (Å²) < 4.78 is 6.63. The number of hydrogen-bond donors (Lipinski definition) is 0. The summed E-state index contributed by atoms with van der Waals surface area (Å²) in [4.78, 5) is 0. The minimum absolute atomic E-state index is 1.07. The van der Waals surface area contributed by atoms with E-state index in [0.717, 1.165) is 12.2 Å². The first kappa shape index (κ1) is 10.8. The summed E-state index contributed by atoms with van der Waals surface area (Å²) in [6.45, 7) is 2.13. The third-order valence-electron chi connectivity index (χ3n) is 1.88. The lowest BCUT2D eigenvalue weighted by Gasteiger charge is -1.95. The van der Waals surface area contributed by atoms with Crippen molar-refractivity contribution in [2.45, 2.75) is 32.6 Å². The highest BCUT2D eigenvalue weighted by Crippen LogP contribution is 2.10. The second-order valence-corrected chi connectivity index (χ2v) is 4.82. The van der Waals surface area contributed by atoms with E-state index in [9.17, 15) is 0 Å². The third-order valence-corrected chi connectivity index (χ3v) is 2.32. The maximum Gasteiger partial charge on any atom is 0.103 e. The van der Waals surface area contributed by atoms with Crippen LogP contribution in [0.15, 0.2) is 32.5 Å². The molecule has 0 spiro atoms. The second kappa shape index (κ2) is 6.24. The first-order valence-corrected chi connectivity index (χ1v) is 5.71. The molecule has 0 atom stereocenters. The predicted octanol–water partition coefficient (Wildman–Crippen LogP) is 4.33. The molecule has 0 aliphatic rings. The number of unbranched alkanes of at least 4 members (excludes halogenated alkanes) is 2. The fourth-order valence-electron chi connectivity index (χ4n) is 1.20. The average molecular weight is 290 g/mol. The van der Waals surface area contributed by atoms with Crippen molar-refractivity contribution in [3.63, 3.8) is 0 Å². The van der Waals surface area contributed by atoms with Gasteiger partial charge < -0.3 is 4.42 Å². The monoisotopic (exact) mass is 290 g/mol. The zero-order valence-corrected chi connectivity index (χ0v) is 10.1. The Kier molecular flexibility index (Phi) is 5.20. The van der Waals surface area contributed by atoms with Gasteiger partial charge in [-0.25, -0.2) is 0 Å². The van der Waals surface area contributed by atoms with Gasteiger partial charge in [-0.3, -0.25) is 0 Å².